The molecule has 0 saturated carbocycles. The van der Waals surface area contributed by atoms with E-state index in [1.165, 1.54) is 7.11 Å². The van der Waals surface area contributed by atoms with Crippen LogP contribution in [0.3, 0.4) is 0 Å². The van der Waals surface area contributed by atoms with Crippen LogP contribution in [0.2, 0.25) is 0 Å². The lowest BCUT2D eigenvalue weighted by Crippen LogP contribution is -2.35. The minimum absolute atomic E-state index is 0.0350. The molecule has 0 amide bonds. The Morgan fingerprint density at radius 3 is 2.56 bits per heavy atom. The molecule has 0 saturated heterocycles. The summed E-state index contributed by atoms with van der Waals surface area (Å²) in [7, 11) is 3.59. The number of phenolic OH excluding ortho intramolecular Hbond substituents is 1. The van der Waals surface area contributed by atoms with Gasteiger partial charge in [0.05, 0.1) is 7.11 Å². The number of ether oxygens (including phenoxy) is 3. The van der Waals surface area contributed by atoms with E-state index in [2.05, 4.69) is 11.9 Å². The van der Waals surface area contributed by atoms with Crippen molar-refractivity contribution in [1.29, 1.82) is 0 Å². The quantitative estimate of drug-likeness (QED) is 0.689. The molecule has 4 rings (SSSR count). The average molecular weight is 373 g/mol. The molecule has 1 aliphatic heterocycles. The number of phenols is 1. The van der Waals surface area contributed by atoms with Gasteiger partial charge in [-0.15, -0.1) is 0 Å². The highest BCUT2D eigenvalue weighted by molar-refractivity contribution is 5.88. The molecule has 0 fully saturated rings. The maximum atomic E-state index is 10.9. The summed E-state index contributed by atoms with van der Waals surface area (Å²) in [6.45, 7) is -0.165. The third-order valence-electron chi connectivity index (χ3n) is 5.51. The Balaban J connectivity index is 2.08. The van der Waals surface area contributed by atoms with E-state index < -0.39 is 13.6 Å². The monoisotopic (exact) mass is 373 g/mol. The van der Waals surface area contributed by atoms with Crippen LogP contribution in [0.15, 0.2) is 18.2 Å². The SMILES string of the molecule is COc1ccc2c(c1O)-c1c(OCO)c(OCO)cc3c1[C@H](C2)N(C)CC3. The van der Waals surface area contributed by atoms with E-state index in [1.54, 1.807) is 6.07 Å². The van der Waals surface area contributed by atoms with Crippen LogP contribution < -0.4 is 14.2 Å². The van der Waals surface area contributed by atoms with Crippen LogP contribution >= 0.6 is 0 Å². The maximum absolute atomic E-state index is 10.9. The first-order valence-corrected chi connectivity index (χ1v) is 8.87. The minimum atomic E-state index is -0.547. The summed E-state index contributed by atoms with van der Waals surface area (Å²) in [6.07, 6.45) is 1.57. The standard InChI is InChI=1S/C20H23NO6/c1-21-6-5-12-8-15(26-9-22)20(27-10-23)18-16(12)13(21)7-11-3-4-14(25-2)19(24)17(11)18/h3-4,8,13,22-24H,5-7,9-10H2,1-2H3/t13-/m0/s1. The van der Waals surface area contributed by atoms with E-state index in [0.29, 0.717) is 28.4 Å². The van der Waals surface area contributed by atoms with Crippen LogP contribution in [0, 0.1) is 0 Å². The predicted molar refractivity (Wildman–Crippen MR) is 98.3 cm³/mol. The maximum Gasteiger partial charge on any atom is 0.186 e. The van der Waals surface area contributed by atoms with Gasteiger partial charge in [0.1, 0.15) is 0 Å². The number of rotatable bonds is 5. The normalized spacial score (nSPS) is 17.9. The molecular weight excluding hydrogens is 350 g/mol. The third kappa shape index (κ3) is 2.70. The van der Waals surface area contributed by atoms with Crippen molar-refractivity contribution in [2.24, 2.45) is 0 Å². The Morgan fingerprint density at radius 1 is 1.07 bits per heavy atom. The van der Waals surface area contributed by atoms with Crippen LogP contribution in [0.1, 0.15) is 22.7 Å². The highest BCUT2D eigenvalue weighted by atomic mass is 16.6. The number of hydrogen-bond donors (Lipinski definition) is 3. The summed E-state index contributed by atoms with van der Waals surface area (Å²) >= 11 is 0. The lowest BCUT2D eigenvalue weighted by Gasteiger charge is -2.40. The van der Waals surface area contributed by atoms with Gasteiger partial charge in [-0.25, -0.2) is 0 Å². The van der Waals surface area contributed by atoms with Gasteiger partial charge in [0, 0.05) is 23.7 Å². The molecule has 0 unspecified atom stereocenters. The molecule has 0 bridgehead atoms. The van der Waals surface area contributed by atoms with Gasteiger partial charge < -0.3 is 29.5 Å². The fraction of sp³-hybridized carbons (Fsp3) is 0.400. The molecule has 0 radical (unpaired) electrons. The number of methoxy groups -OCH3 is 1. The number of fused-ring (bicyclic) bond motifs is 2. The van der Waals surface area contributed by atoms with Crippen molar-refractivity contribution >= 4 is 0 Å². The van der Waals surface area contributed by atoms with Crippen molar-refractivity contribution in [1.82, 2.24) is 4.90 Å². The number of likely N-dealkylation sites (N-methyl/N-ethyl adjacent to an activating group) is 1. The molecule has 2 aromatic carbocycles. The lowest BCUT2D eigenvalue weighted by atomic mass is 9.76. The zero-order valence-corrected chi connectivity index (χ0v) is 15.4. The van der Waals surface area contributed by atoms with Gasteiger partial charge in [-0.1, -0.05) is 6.07 Å². The summed E-state index contributed by atoms with van der Waals surface area (Å²) in [6, 6.07) is 5.70. The fourth-order valence-corrected chi connectivity index (χ4v) is 4.29. The minimum Gasteiger partial charge on any atom is -0.504 e. The first-order chi connectivity index (χ1) is 13.1. The summed E-state index contributed by atoms with van der Waals surface area (Å²) in [5.74, 6) is 1.06. The fourth-order valence-electron chi connectivity index (χ4n) is 4.29. The van der Waals surface area contributed by atoms with E-state index in [0.717, 1.165) is 36.1 Å². The van der Waals surface area contributed by atoms with E-state index >= 15 is 0 Å². The van der Waals surface area contributed by atoms with Gasteiger partial charge in [0.2, 0.25) is 0 Å². The van der Waals surface area contributed by atoms with Crippen LogP contribution in [0.5, 0.6) is 23.0 Å². The molecule has 7 heteroatoms. The Kier molecular flexibility index (Phi) is 4.59. The van der Waals surface area contributed by atoms with Crippen molar-refractivity contribution in [2.45, 2.75) is 18.9 Å². The smallest absolute Gasteiger partial charge is 0.186 e. The van der Waals surface area contributed by atoms with Crippen molar-refractivity contribution < 1.29 is 29.5 Å². The second-order valence-corrected chi connectivity index (χ2v) is 6.80. The molecule has 3 N–H and O–H groups in total. The van der Waals surface area contributed by atoms with Gasteiger partial charge >= 0.3 is 0 Å². The van der Waals surface area contributed by atoms with Crippen LogP contribution in [0.25, 0.3) is 11.1 Å². The topological polar surface area (TPSA) is 91.6 Å². The second kappa shape index (κ2) is 6.92. The lowest BCUT2D eigenvalue weighted by molar-refractivity contribution is 0.0742. The van der Waals surface area contributed by atoms with Gasteiger partial charge in [-0.2, -0.15) is 0 Å². The van der Waals surface area contributed by atoms with E-state index in [1.807, 2.05) is 12.1 Å². The molecule has 0 aromatic heterocycles. The molecule has 1 heterocycles. The van der Waals surface area contributed by atoms with Crippen molar-refractivity contribution in [2.75, 3.05) is 34.3 Å². The second-order valence-electron chi connectivity index (χ2n) is 6.80. The van der Waals surface area contributed by atoms with Crippen LogP contribution in [0.4, 0.5) is 0 Å². The number of hydrogen-bond acceptors (Lipinski definition) is 7. The first kappa shape index (κ1) is 17.9. The first-order valence-electron chi connectivity index (χ1n) is 8.87. The van der Waals surface area contributed by atoms with Gasteiger partial charge in [-0.05, 0) is 48.7 Å². The zero-order chi connectivity index (χ0) is 19.1. The Bertz CT molecular complexity index is 882. The molecule has 0 spiro atoms. The molecular formula is C20H23NO6. The molecule has 7 nitrogen and oxygen atoms in total. The van der Waals surface area contributed by atoms with Crippen molar-refractivity contribution in [3.05, 3.63) is 34.9 Å². The van der Waals surface area contributed by atoms with E-state index in [9.17, 15) is 15.3 Å². The van der Waals surface area contributed by atoms with Gasteiger partial charge in [0.25, 0.3) is 0 Å². The molecule has 2 aliphatic rings. The zero-order valence-electron chi connectivity index (χ0n) is 15.4. The molecule has 27 heavy (non-hydrogen) atoms. The molecule has 2 aromatic rings. The van der Waals surface area contributed by atoms with Crippen LogP contribution in [-0.4, -0.2) is 54.5 Å². The highest BCUT2D eigenvalue weighted by Gasteiger charge is 2.38. The Labute approximate surface area is 157 Å². The highest BCUT2D eigenvalue weighted by Crippen LogP contribution is 2.56. The van der Waals surface area contributed by atoms with Crippen molar-refractivity contribution in [3.63, 3.8) is 0 Å². The average Bonchev–Trinajstić information content (AvgIpc) is 2.67. The summed E-state index contributed by atoms with van der Waals surface area (Å²) < 4.78 is 16.2. The van der Waals surface area contributed by atoms with E-state index in [-0.39, 0.29) is 11.8 Å². The third-order valence-corrected chi connectivity index (χ3v) is 5.51. The number of nitrogens with zero attached hydrogens (tertiary/aromatic N) is 1. The summed E-state index contributed by atoms with van der Waals surface area (Å²) in [5.41, 5.74) is 4.45. The predicted octanol–water partition coefficient (Wildman–Crippen LogP) is 1.81. The molecule has 1 atom stereocenters. The summed E-state index contributed by atoms with van der Waals surface area (Å²) in [4.78, 5) is 2.28. The van der Waals surface area contributed by atoms with E-state index in [4.69, 9.17) is 14.2 Å². The molecule has 1 aliphatic carbocycles. The van der Waals surface area contributed by atoms with Gasteiger partial charge in [0.15, 0.2) is 36.6 Å². The number of aliphatic hydroxyl groups excluding tert-OH is 2. The molecule has 144 valence electrons. The number of aromatic hydroxyl groups is 1. The van der Waals surface area contributed by atoms with Crippen molar-refractivity contribution in [3.8, 4) is 34.1 Å². The largest absolute Gasteiger partial charge is 0.504 e. The number of aliphatic hydroxyl groups is 2. The Hall–Kier alpha value is -2.48. The van der Waals surface area contributed by atoms with Crippen LogP contribution in [-0.2, 0) is 12.8 Å². The summed E-state index contributed by atoms with van der Waals surface area (Å²) in [5, 5.41) is 29.6. The number of benzene rings is 2. The Morgan fingerprint density at radius 2 is 1.85 bits per heavy atom. The van der Waals surface area contributed by atoms with Gasteiger partial charge in [-0.3, -0.25) is 4.90 Å².